The number of anilines is 1. The number of carbonyl (C=O) groups is 1. The average molecular weight is 451 g/mol. The van der Waals surface area contributed by atoms with Gasteiger partial charge in [0.05, 0.1) is 13.4 Å². The summed E-state index contributed by atoms with van der Waals surface area (Å²) in [5.74, 6) is -0.0627. The smallest absolute Gasteiger partial charge is 0.248 e. The molecule has 0 aliphatic rings. The number of nitrogens with one attached hydrogen (secondary N) is 1. The van der Waals surface area contributed by atoms with Crippen molar-refractivity contribution in [3.63, 3.8) is 0 Å². The SMILES string of the molecule is COc1cc2occ(-c3cccc4ccccc34)c2cc1/C(C)=C/C(=O)Nc1ccc(F)cc1. The summed E-state index contributed by atoms with van der Waals surface area (Å²) in [7, 11) is 1.59. The lowest BCUT2D eigenvalue weighted by Gasteiger charge is -2.11. The molecule has 1 heterocycles. The predicted octanol–water partition coefficient (Wildman–Crippen LogP) is 7.44. The highest BCUT2D eigenvalue weighted by molar-refractivity contribution is 6.07. The van der Waals surface area contributed by atoms with Gasteiger partial charge in [0.15, 0.2) is 0 Å². The number of halogens is 1. The van der Waals surface area contributed by atoms with Crippen molar-refractivity contribution in [1.29, 1.82) is 0 Å². The van der Waals surface area contributed by atoms with E-state index >= 15 is 0 Å². The van der Waals surface area contributed by atoms with Gasteiger partial charge in [-0.15, -0.1) is 0 Å². The van der Waals surface area contributed by atoms with Crippen LogP contribution in [0.25, 0.3) is 38.4 Å². The Morgan fingerprint density at radius 2 is 1.71 bits per heavy atom. The first-order valence-electron chi connectivity index (χ1n) is 10.9. The normalized spacial score (nSPS) is 11.7. The van der Waals surface area contributed by atoms with E-state index in [1.54, 1.807) is 13.4 Å². The van der Waals surface area contributed by atoms with Crippen molar-refractivity contribution in [3.8, 4) is 16.9 Å². The van der Waals surface area contributed by atoms with Gasteiger partial charge in [0.1, 0.15) is 17.1 Å². The zero-order chi connectivity index (χ0) is 23.7. The summed E-state index contributed by atoms with van der Waals surface area (Å²) in [6.07, 6.45) is 3.26. The van der Waals surface area contributed by atoms with E-state index in [-0.39, 0.29) is 11.7 Å². The lowest BCUT2D eigenvalue weighted by molar-refractivity contribution is -0.111. The minimum Gasteiger partial charge on any atom is -0.496 e. The van der Waals surface area contributed by atoms with Gasteiger partial charge in [0, 0.05) is 34.3 Å². The van der Waals surface area contributed by atoms with E-state index in [4.69, 9.17) is 9.15 Å². The van der Waals surface area contributed by atoms with Gasteiger partial charge in [0.2, 0.25) is 5.91 Å². The number of methoxy groups -OCH3 is 1. The first-order valence-corrected chi connectivity index (χ1v) is 10.9. The molecule has 4 nitrogen and oxygen atoms in total. The molecule has 0 saturated carbocycles. The van der Waals surface area contributed by atoms with Crippen LogP contribution >= 0.6 is 0 Å². The van der Waals surface area contributed by atoms with E-state index in [9.17, 15) is 9.18 Å². The van der Waals surface area contributed by atoms with Crippen LogP contribution in [0, 0.1) is 5.82 Å². The van der Waals surface area contributed by atoms with E-state index in [1.165, 1.54) is 30.3 Å². The zero-order valence-corrected chi connectivity index (χ0v) is 18.8. The summed E-state index contributed by atoms with van der Waals surface area (Å²) in [4.78, 5) is 12.6. The number of carbonyl (C=O) groups excluding carboxylic acids is 1. The molecule has 0 spiro atoms. The van der Waals surface area contributed by atoms with Crippen molar-refractivity contribution in [2.75, 3.05) is 12.4 Å². The molecule has 0 atom stereocenters. The van der Waals surface area contributed by atoms with Gasteiger partial charge in [-0.25, -0.2) is 4.39 Å². The maximum absolute atomic E-state index is 13.1. The standard InChI is InChI=1S/C29H22FNO3/c1-18(14-29(32)31-21-12-10-20(30)11-13-21)24-15-25-26(17-34-28(25)16-27(24)33-2)23-9-5-7-19-6-3-4-8-22(19)23/h3-17H,1-2H3,(H,31,32)/b18-14+. The lowest BCUT2D eigenvalue weighted by Crippen LogP contribution is -2.08. The van der Waals surface area contributed by atoms with Crippen LogP contribution in [-0.4, -0.2) is 13.0 Å². The monoisotopic (exact) mass is 451 g/mol. The van der Waals surface area contributed by atoms with Gasteiger partial charge in [0.25, 0.3) is 0 Å². The lowest BCUT2D eigenvalue weighted by atomic mass is 9.96. The van der Waals surface area contributed by atoms with E-state index in [2.05, 4.69) is 29.6 Å². The molecule has 0 radical (unpaired) electrons. The van der Waals surface area contributed by atoms with Crippen LogP contribution in [0.3, 0.4) is 0 Å². The van der Waals surface area contributed by atoms with E-state index in [0.717, 1.165) is 38.4 Å². The van der Waals surface area contributed by atoms with Crippen molar-refractivity contribution in [2.24, 2.45) is 0 Å². The molecule has 0 fully saturated rings. The van der Waals surface area contributed by atoms with E-state index in [0.29, 0.717) is 17.0 Å². The van der Waals surface area contributed by atoms with Crippen LogP contribution in [0.1, 0.15) is 12.5 Å². The minimum absolute atomic E-state index is 0.312. The number of benzene rings is 4. The molecule has 168 valence electrons. The Morgan fingerprint density at radius 3 is 2.50 bits per heavy atom. The second-order valence-corrected chi connectivity index (χ2v) is 8.05. The Labute approximate surface area is 196 Å². The van der Waals surface area contributed by atoms with E-state index < -0.39 is 0 Å². The Balaban J connectivity index is 1.56. The fourth-order valence-electron chi connectivity index (χ4n) is 4.19. The first-order chi connectivity index (χ1) is 16.5. The fraction of sp³-hybridized carbons (Fsp3) is 0.0690. The van der Waals surface area contributed by atoms with Crippen LogP contribution in [0.15, 0.2) is 95.6 Å². The molecule has 5 heteroatoms. The second-order valence-electron chi connectivity index (χ2n) is 8.05. The Hall–Kier alpha value is -4.38. The molecule has 1 N–H and O–H groups in total. The molecule has 5 aromatic rings. The number of rotatable bonds is 5. The molecule has 5 rings (SSSR count). The average Bonchev–Trinajstić information content (AvgIpc) is 3.27. The quantitative estimate of drug-likeness (QED) is 0.283. The van der Waals surface area contributed by atoms with Crippen molar-refractivity contribution >= 4 is 38.9 Å². The molecular weight excluding hydrogens is 429 g/mol. The predicted molar refractivity (Wildman–Crippen MR) is 134 cm³/mol. The van der Waals surface area contributed by atoms with Crippen molar-refractivity contribution < 1.29 is 18.3 Å². The topological polar surface area (TPSA) is 51.5 Å². The van der Waals surface area contributed by atoms with Gasteiger partial charge in [-0.3, -0.25) is 4.79 Å². The van der Waals surface area contributed by atoms with Gasteiger partial charge < -0.3 is 14.5 Å². The molecule has 0 aliphatic heterocycles. The van der Waals surface area contributed by atoms with Crippen molar-refractivity contribution in [1.82, 2.24) is 0 Å². The molecule has 0 aliphatic carbocycles. The summed E-state index contributed by atoms with van der Waals surface area (Å²) in [5.41, 5.74) is 4.77. The number of amides is 1. The van der Waals surface area contributed by atoms with Crippen molar-refractivity contribution in [3.05, 3.63) is 103 Å². The number of hydrogen-bond acceptors (Lipinski definition) is 3. The highest BCUT2D eigenvalue weighted by Gasteiger charge is 2.16. The van der Waals surface area contributed by atoms with Gasteiger partial charge in [-0.2, -0.15) is 0 Å². The highest BCUT2D eigenvalue weighted by atomic mass is 19.1. The second kappa shape index (κ2) is 8.87. The summed E-state index contributed by atoms with van der Waals surface area (Å²) < 4.78 is 24.6. The summed E-state index contributed by atoms with van der Waals surface area (Å²) >= 11 is 0. The number of hydrogen-bond donors (Lipinski definition) is 1. The third kappa shape index (κ3) is 4.04. The molecular formula is C29H22FNO3. The van der Waals surface area contributed by atoms with Gasteiger partial charge >= 0.3 is 0 Å². The number of furan rings is 1. The summed E-state index contributed by atoms with van der Waals surface area (Å²) in [6, 6.07) is 23.9. The molecule has 0 bridgehead atoms. The Bertz CT molecular complexity index is 1540. The van der Waals surface area contributed by atoms with E-state index in [1.807, 2.05) is 37.3 Å². The number of allylic oxidation sites excluding steroid dienone is 1. The zero-order valence-electron chi connectivity index (χ0n) is 18.8. The molecule has 0 saturated heterocycles. The van der Waals surface area contributed by atoms with Crippen LogP contribution < -0.4 is 10.1 Å². The fourth-order valence-corrected chi connectivity index (χ4v) is 4.19. The van der Waals surface area contributed by atoms with Crippen LogP contribution in [0.5, 0.6) is 5.75 Å². The third-order valence-corrected chi connectivity index (χ3v) is 5.86. The molecule has 0 unspecified atom stereocenters. The summed E-state index contributed by atoms with van der Waals surface area (Å²) in [5, 5.41) is 5.97. The van der Waals surface area contributed by atoms with Gasteiger partial charge in [-0.1, -0.05) is 42.5 Å². The highest BCUT2D eigenvalue weighted by Crippen LogP contribution is 2.39. The van der Waals surface area contributed by atoms with Crippen LogP contribution in [0.4, 0.5) is 10.1 Å². The minimum atomic E-state index is -0.357. The van der Waals surface area contributed by atoms with Crippen molar-refractivity contribution in [2.45, 2.75) is 6.92 Å². The Morgan fingerprint density at radius 1 is 0.941 bits per heavy atom. The number of fused-ring (bicyclic) bond motifs is 2. The molecule has 34 heavy (non-hydrogen) atoms. The molecule has 1 amide bonds. The molecule has 4 aromatic carbocycles. The largest absolute Gasteiger partial charge is 0.496 e. The van der Waals surface area contributed by atoms with Gasteiger partial charge in [-0.05, 0) is 59.2 Å². The Kier molecular flexibility index (Phi) is 5.60. The first kappa shape index (κ1) is 21.5. The van der Waals surface area contributed by atoms with Crippen LogP contribution in [-0.2, 0) is 4.79 Å². The third-order valence-electron chi connectivity index (χ3n) is 5.86. The summed E-state index contributed by atoms with van der Waals surface area (Å²) in [6.45, 7) is 1.85. The molecule has 1 aromatic heterocycles. The number of ether oxygens (including phenoxy) is 1. The van der Waals surface area contributed by atoms with Crippen LogP contribution in [0.2, 0.25) is 0 Å². The maximum atomic E-state index is 13.1. The maximum Gasteiger partial charge on any atom is 0.248 e.